The van der Waals surface area contributed by atoms with Gasteiger partial charge in [-0.25, -0.2) is 0 Å². The van der Waals surface area contributed by atoms with Gasteiger partial charge in [0.1, 0.15) is 5.75 Å². The summed E-state index contributed by atoms with van der Waals surface area (Å²) in [5.41, 5.74) is 3.39. The van der Waals surface area contributed by atoms with Crippen molar-refractivity contribution in [1.29, 1.82) is 0 Å². The van der Waals surface area contributed by atoms with E-state index in [1.54, 1.807) is 54.6 Å². The second-order valence-electron chi connectivity index (χ2n) is 6.99. The Hall–Kier alpha value is -3.60. The Morgan fingerprint density at radius 2 is 1.31 bits per heavy atom. The zero-order chi connectivity index (χ0) is 20.8. The topological polar surface area (TPSA) is 67.4 Å². The highest BCUT2D eigenvalue weighted by atomic mass is 16.5. The summed E-state index contributed by atoms with van der Waals surface area (Å²) < 4.78 is 5.59. The van der Waals surface area contributed by atoms with E-state index in [0.717, 1.165) is 11.3 Å². The van der Waals surface area contributed by atoms with Crippen LogP contribution in [0.15, 0.2) is 72.8 Å². The van der Waals surface area contributed by atoms with Crippen molar-refractivity contribution in [2.75, 3.05) is 10.6 Å². The lowest BCUT2D eigenvalue weighted by molar-refractivity contribution is 0.101. The predicted molar refractivity (Wildman–Crippen MR) is 116 cm³/mol. The van der Waals surface area contributed by atoms with E-state index in [9.17, 15) is 9.59 Å². The van der Waals surface area contributed by atoms with Crippen molar-refractivity contribution in [2.45, 2.75) is 26.9 Å². The number of anilines is 2. The maximum absolute atomic E-state index is 12.4. The first-order chi connectivity index (χ1) is 13.9. The van der Waals surface area contributed by atoms with Crippen LogP contribution < -0.4 is 15.4 Å². The quantitative estimate of drug-likeness (QED) is 0.603. The average Bonchev–Trinajstić information content (AvgIpc) is 2.70. The third-order valence-electron chi connectivity index (χ3n) is 4.28. The molecule has 2 N–H and O–H groups in total. The van der Waals surface area contributed by atoms with Crippen molar-refractivity contribution in [3.63, 3.8) is 0 Å². The fourth-order valence-electron chi connectivity index (χ4n) is 2.82. The summed E-state index contributed by atoms with van der Waals surface area (Å²) in [7, 11) is 0. The number of ether oxygens (including phenoxy) is 1. The lowest BCUT2D eigenvalue weighted by Gasteiger charge is -2.11. The molecule has 0 aliphatic carbocycles. The second kappa shape index (κ2) is 9.06. The van der Waals surface area contributed by atoms with E-state index in [4.69, 9.17) is 4.74 Å². The number of amides is 2. The van der Waals surface area contributed by atoms with Crippen LogP contribution in [0.3, 0.4) is 0 Å². The molecule has 0 aromatic heterocycles. The minimum Gasteiger partial charge on any atom is -0.491 e. The first-order valence-corrected chi connectivity index (χ1v) is 9.47. The number of rotatable bonds is 6. The van der Waals surface area contributed by atoms with Crippen LogP contribution in [0.5, 0.6) is 5.75 Å². The van der Waals surface area contributed by atoms with E-state index in [-0.39, 0.29) is 17.9 Å². The smallest absolute Gasteiger partial charge is 0.255 e. The van der Waals surface area contributed by atoms with E-state index >= 15 is 0 Å². The normalized spacial score (nSPS) is 10.5. The number of carbonyl (C=O) groups is 2. The van der Waals surface area contributed by atoms with Gasteiger partial charge in [0, 0.05) is 22.5 Å². The Labute approximate surface area is 170 Å². The summed E-state index contributed by atoms with van der Waals surface area (Å²) in [4.78, 5) is 24.8. The number of carbonyl (C=O) groups excluding carboxylic acids is 2. The van der Waals surface area contributed by atoms with Gasteiger partial charge in [-0.05, 0) is 80.9 Å². The van der Waals surface area contributed by atoms with Gasteiger partial charge in [0.15, 0.2) is 0 Å². The van der Waals surface area contributed by atoms with Crippen LogP contribution in [0.25, 0.3) is 0 Å². The molecule has 0 saturated heterocycles. The maximum atomic E-state index is 12.4. The molecule has 0 atom stereocenters. The van der Waals surface area contributed by atoms with Gasteiger partial charge in [-0.15, -0.1) is 0 Å². The average molecular weight is 388 g/mol. The van der Waals surface area contributed by atoms with Crippen LogP contribution >= 0.6 is 0 Å². The van der Waals surface area contributed by atoms with Crippen molar-refractivity contribution in [3.05, 3.63) is 89.5 Å². The van der Waals surface area contributed by atoms with Crippen molar-refractivity contribution in [2.24, 2.45) is 0 Å². The fraction of sp³-hybridized carbons (Fsp3) is 0.167. The summed E-state index contributed by atoms with van der Waals surface area (Å²) in [6, 6.07) is 21.4. The minimum atomic E-state index is -0.210. The highest BCUT2D eigenvalue weighted by molar-refractivity contribution is 6.06. The number of hydrogen-bond donors (Lipinski definition) is 2. The van der Waals surface area contributed by atoms with E-state index in [1.165, 1.54) is 0 Å². The van der Waals surface area contributed by atoms with Gasteiger partial charge >= 0.3 is 0 Å². The SMILES string of the molecule is Cc1ccccc1C(=O)Nc1ccc(NC(=O)c2ccc(OC(C)C)cc2)cc1. The Kier molecular flexibility index (Phi) is 6.29. The van der Waals surface area contributed by atoms with Gasteiger partial charge in [0.2, 0.25) is 0 Å². The second-order valence-corrected chi connectivity index (χ2v) is 6.99. The molecule has 0 heterocycles. The van der Waals surface area contributed by atoms with Crippen molar-refractivity contribution in [3.8, 4) is 5.75 Å². The Bertz CT molecular complexity index is 993. The van der Waals surface area contributed by atoms with Gasteiger partial charge in [0.25, 0.3) is 11.8 Å². The molecule has 0 bridgehead atoms. The Balaban J connectivity index is 1.61. The standard InChI is InChI=1S/C24H24N2O3/c1-16(2)29-21-14-8-18(9-15-21)23(27)25-19-10-12-20(13-11-19)26-24(28)22-7-5-4-6-17(22)3/h4-16H,1-3H3,(H,25,27)(H,26,28). The molecule has 5 nitrogen and oxygen atoms in total. The minimum absolute atomic E-state index is 0.0829. The van der Waals surface area contributed by atoms with Gasteiger partial charge in [0.05, 0.1) is 6.10 Å². The van der Waals surface area contributed by atoms with Crippen molar-refractivity contribution in [1.82, 2.24) is 0 Å². The van der Waals surface area contributed by atoms with Gasteiger partial charge < -0.3 is 15.4 Å². The van der Waals surface area contributed by atoms with Crippen LogP contribution in [-0.2, 0) is 0 Å². The zero-order valence-corrected chi connectivity index (χ0v) is 16.7. The first-order valence-electron chi connectivity index (χ1n) is 9.47. The van der Waals surface area contributed by atoms with E-state index in [1.807, 2.05) is 39.0 Å². The molecule has 148 valence electrons. The molecule has 3 aromatic carbocycles. The number of aryl methyl sites for hydroxylation is 1. The lowest BCUT2D eigenvalue weighted by Crippen LogP contribution is -2.14. The molecule has 3 rings (SSSR count). The molecule has 0 radical (unpaired) electrons. The predicted octanol–water partition coefficient (Wildman–Crippen LogP) is 5.29. The van der Waals surface area contributed by atoms with Crippen LogP contribution in [0, 0.1) is 6.92 Å². The molecule has 0 fully saturated rings. The highest BCUT2D eigenvalue weighted by Crippen LogP contribution is 2.18. The van der Waals surface area contributed by atoms with Crippen LogP contribution in [0.4, 0.5) is 11.4 Å². The maximum Gasteiger partial charge on any atom is 0.255 e. The summed E-state index contributed by atoms with van der Waals surface area (Å²) in [5, 5.41) is 5.71. The van der Waals surface area contributed by atoms with E-state index < -0.39 is 0 Å². The monoisotopic (exact) mass is 388 g/mol. The molecular formula is C24H24N2O3. The number of benzene rings is 3. The zero-order valence-electron chi connectivity index (χ0n) is 16.7. The molecule has 3 aromatic rings. The van der Waals surface area contributed by atoms with Crippen LogP contribution in [-0.4, -0.2) is 17.9 Å². The van der Waals surface area contributed by atoms with Crippen LogP contribution in [0.1, 0.15) is 40.1 Å². The summed E-state index contributed by atoms with van der Waals surface area (Å²) in [6.45, 7) is 5.80. The Morgan fingerprint density at radius 3 is 1.86 bits per heavy atom. The molecule has 0 aliphatic rings. The van der Waals surface area contributed by atoms with Crippen molar-refractivity contribution >= 4 is 23.2 Å². The fourth-order valence-corrected chi connectivity index (χ4v) is 2.82. The largest absolute Gasteiger partial charge is 0.491 e. The molecule has 0 unspecified atom stereocenters. The summed E-state index contributed by atoms with van der Waals surface area (Å²) in [6.07, 6.45) is 0.0829. The molecular weight excluding hydrogens is 364 g/mol. The third kappa shape index (κ3) is 5.45. The lowest BCUT2D eigenvalue weighted by atomic mass is 10.1. The van der Waals surface area contributed by atoms with Gasteiger partial charge in [-0.3, -0.25) is 9.59 Å². The summed E-state index contributed by atoms with van der Waals surface area (Å²) >= 11 is 0. The van der Waals surface area contributed by atoms with Gasteiger partial charge in [-0.2, -0.15) is 0 Å². The summed E-state index contributed by atoms with van der Waals surface area (Å²) in [5.74, 6) is 0.353. The molecule has 0 saturated carbocycles. The highest BCUT2D eigenvalue weighted by Gasteiger charge is 2.10. The van der Waals surface area contributed by atoms with E-state index in [0.29, 0.717) is 22.5 Å². The number of hydrogen-bond acceptors (Lipinski definition) is 3. The molecule has 29 heavy (non-hydrogen) atoms. The first kappa shape index (κ1) is 20.1. The molecule has 5 heteroatoms. The Morgan fingerprint density at radius 1 is 0.759 bits per heavy atom. The molecule has 0 aliphatic heterocycles. The molecule has 2 amide bonds. The van der Waals surface area contributed by atoms with Crippen LogP contribution in [0.2, 0.25) is 0 Å². The van der Waals surface area contributed by atoms with Gasteiger partial charge in [-0.1, -0.05) is 18.2 Å². The van der Waals surface area contributed by atoms with Crippen molar-refractivity contribution < 1.29 is 14.3 Å². The van der Waals surface area contributed by atoms with E-state index in [2.05, 4.69) is 10.6 Å². The third-order valence-corrected chi connectivity index (χ3v) is 4.28. The molecule has 0 spiro atoms. The number of nitrogens with one attached hydrogen (secondary N) is 2.